The molecule has 5 rings (SSSR count). The van der Waals surface area contributed by atoms with E-state index in [0.29, 0.717) is 6.54 Å². The van der Waals surface area contributed by atoms with Crippen LogP contribution in [-0.4, -0.2) is 6.54 Å². The Hall–Kier alpha value is -5.92. The van der Waals surface area contributed by atoms with Crippen LogP contribution in [-0.2, 0) is 0 Å². The summed E-state index contributed by atoms with van der Waals surface area (Å²) >= 11 is 0. The van der Waals surface area contributed by atoms with Gasteiger partial charge in [0.05, 0.1) is 0 Å². The molecule has 0 bridgehead atoms. The van der Waals surface area contributed by atoms with Crippen LogP contribution < -0.4 is 4.90 Å². The van der Waals surface area contributed by atoms with Gasteiger partial charge in [0, 0.05) is 29.4 Å². The number of aryl methyl sites for hydroxylation is 1. The topological polar surface area (TPSA) is 3.24 Å². The van der Waals surface area contributed by atoms with Crippen LogP contribution in [0.25, 0.3) is 27.8 Å². The highest BCUT2D eigenvalue weighted by Crippen LogP contribution is 2.35. The van der Waals surface area contributed by atoms with Gasteiger partial charge in [-0.2, -0.15) is 0 Å². The third kappa shape index (κ3) is 10.6. The molecule has 1 unspecified atom stereocenters. The second-order valence-corrected chi connectivity index (χ2v) is 14.5. The number of rotatable bonds is 17. The molecular formula is C55H59N. The molecule has 4 aromatic carbocycles. The first-order chi connectivity index (χ1) is 27.3. The van der Waals surface area contributed by atoms with Crippen LogP contribution in [0.2, 0.25) is 0 Å². The van der Waals surface area contributed by atoms with Gasteiger partial charge in [0.15, 0.2) is 0 Å². The predicted octanol–water partition coefficient (Wildman–Crippen LogP) is 15.7. The van der Waals surface area contributed by atoms with E-state index in [2.05, 4.69) is 211 Å². The average molecular weight is 734 g/mol. The van der Waals surface area contributed by atoms with E-state index in [1.165, 1.54) is 55.7 Å². The molecule has 0 fully saturated rings. The number of anilines is 1. The molecule has 0 spiro atoms. The largest absolute Gasteiger partial charge is 0.337 e. The van der Waals surface area contributed by atoms with Crippen molar-refractivity contribution in [1.82, 2.24) is 0 Å². The molecule has 284 valence electrons. The van der Waals surface area contributed by atoms with Crippen molar-refractivity contribution in [3.8, 4) is 22.3 Å². The molecule has 1 atom stereocenters. The van der Waals surface area contributed by atoms with Crippen molar-refractivity contribution >= 4 is 11.3 Å². The Bertz CT molecular complexity index is 2210. The molecule has 0 radical (unpaired) electrons. The van der Waals surface area contributed by atoms with Crippen LogP contribution in [0.15, 0.2) is 212 Å². The molecular weight excluding hydrogens is 675 g/mol. The van der Waals surface area contributed by atoms with Gasteiger partial charge in [-0.1, -0.05) is 179 Å². The Labute approximate surface area is 338 Å². The highest BCUT2D eigenvalue weighted by molar-refractivity contribution is 5.79. The lowest BCUT2D eigenvalue weighted by Crippen LogP contribution is -2.23. The predicted molar refractivity (Wildman–Crippen MR) is 248 cm³/mol. The lowest BCUT2D eigenvalue weighted by Gasteiger charge is -2.28. The summed E-state index contributed by atoms with van der Waals surface area (Å²) in [5.41, 5.74) is 16.4. The molecule has 1 nitrogen and oxygen atoms in total. The molecule has 0 saturated carbocycles. The fourth-order valence-corrected chi connectivity index (χ4v) is 7.26. The first-order valence-electron chi connectivity index (χ1n) is 20.2. The van der Waals surface area contributed by atoms with Crippen molar-refractivity contribution in [2.45, 2.75) is 66.2 Å². The van der Waals surface area contributed by atoms with Gasteiger partial charge in [-0.05, 0) is 126 Å². The number of benzene rings is 4. The second-order valence-electron chi connectivity index (χ2n) is 14.5. The smallest absolute Gasteiger partial charge is 0.0489 e. The van der Waals surface area contributed by atoms with Crippen molar-refractivity contribution in [2.24, 2.45) is 0 Å². The molecule has 0 aliphatic heterocycles. The van der Waals surface area contributed by atoms with Gasteiger partial charge >= 0.3 is 0 Å². The maximum Gasteiger partial charge on any atom is 0.0489 e. The van der Waals surface area contributed by atoms with Crippen molar-refractivity contribution in [3.63, 3.8) is 0 Å². The summed E-state index contributed by atoms with van der Waals surface area (Å²) in [5, 5.41) is 0. The SMILES string of the molecule is C=CC(=C)/C(C=C)=C(/C=C\CC)N(C/C=C\C)c1cc(C)cc(-c2cccc(C(/C=C(\C=C(/C)C3=CCCC=C3)c3ccc(-c4ccccc4)cc3)CC)c2)c1. The Balaban J connectivity index is 1.59. The van der Waals surface area contributed by atoms with Crippen LogP contribution in [0.3, 0.4) is 0 Å². The molecule has 1 aliphatic rings. The van der Waals surface area contributed by atoms with E-state index < -0.39 is 0 Å². The molecule has 1 heteroatoms. The van der Waals surface area contributed by atoms with E-state index in [4.69, 9.17) is 0 Å². The van der Waals surface area contributed by atoms with Crippen molar-refractivity contribution in [2.75, 3.05) is 11.4 Å². The minimum Gasteiger partial charge on any atom is -0.337 e. The van der Waals surface area contributed by atoms with Gasteiger partial charge < -0.3 is 4.90 Å². The minimum absolute atomic E-state index is 0.225. The lowest BCUT2D eigenvalue weighted by molar-refractivity contribution is 0.807. The third-order valence-corrected chi connectivity index (χ3v) is 10.4. The standard InChI is InChI=1S/C55H59N/c1-9-14-29-55(54(13-5)42(7)11-3)56(34-15-10-2)53-36-41(6)35-51(40-53)50-28-22-27-49(39-50)44(12-4)38-52(37-43(8)45-23-18-16-19-24-45)48-32-30-47(31-33-48)46-25-20-17-21-26-46/h10-11,13-15,17-18,20-33,35-40,44H,3,5,7,9,12,16,19,34H2,1-2,4,6,8H3/b15-10-,29-14-,43-37+,52-38+,55-54-. The van der Waals surface area contributed by atoms with E-state index in [1.807, 2.05) is 12.2 Å². The quantitative estimate of drug-likeness (QED) is 0.0771. The molecule has 0 saturated heterocycles. The van der Waals surface area contributed by atoms with Gasteiger partial charge in [0.2, 0.25) is 0 Å². The zero-order valence-corrected chi connectivity index (χ0v) is 34.3. The van der Waals surface area contributed by atoms with Gasteiger partial charge in [-0.15, -0.1) is 0 Å². The first kappa shape index (κ1) is 41.2. The average Bonchev–Trinajstić information content (AvgIpc) is 3.24. The van der Waals surface area contributed by atoms with E-state index in [9.17, 15) is 0 Å². The van der Waals surface area contributed by atoms with Crippen molar-refractivity contribution in [1.29, 1.82) is 0 Å². The molecule has 0 heterocycles. The van der Waals surface area contributed by atoms with Crippen LogP contribution in [0.4, 0.5) is 5.69 Å². The second kappa shape index (κ2) is 20.7. The van der Waals surface area contributed by atoms with E-state index >= 15 is 0 Å². The lowest BCUT2D eigenvalue weighted by atomic mass is 9.88. The highest BCUT2D eigenvalue weighted by Gasteiger charge is 2.17. The van der Waals surface area contributed by atoms with Crippen LogP contribution in [0, 0.1) is 6.92 Å². The van der Waals surface area contributed by atoms with Crippen molar-refractivity contribution in [3.05, 3.63) is 228 Å². The Morgan fingerprint density at radius 3 is 2.21 bits per heavy atom. The van der Waals surface area contributed by atoms with Crippen LogP contribution in [0.5, 0.6) is 0 Å². The Morgan fingerprint density at radius 1 is 0.804 bits per heavy atom. The molecule has 1 aliphatic carbocycles. The summed E-state index contributed by atoms with van der Waals surface area (Å²) in [6.45, 7) is 24.1. The zero-order valence-electron chi connectivity index (χ0n) is 34.3. The number of nitrogens with zero attached hydrogens (tertiary/aromatic N) is 1. The van der Waals surface area contributed by atoms with E-state index in [-0.39, 0.29) is 5.92 Å². The zero-order chi connectivity index (χ0) is 39.9. The highest BCUT2D eigenvalue weighted by atomic mass is 15.1. The maximum absolute atomic E-state index is 4.30. The van der Waals surface area contributed by atoms with Crippen molar-refractivity contribution < 1.29 is 0 Å². The van der Waals surface area contributed by atoms with E-state index in [1.54, 1.807) is 0 Å². The fourth-order valence-electron chi connectivity index (χ4n) is 7.26. The molecule has 4 aromatic rings. The fraction of sp³-hybridized carbons (Fsp3) is 0.200. The monoisotopic (exact) mass is 733 g/mol. The van der Waals surface area contributed by atoms with Gasteiger partial charge in [0.1, 0.15) is 0 Å². The van der Waals surface area contributed by atoms with Crippen LogP contribution >= 0.6 is 0 Å². The molecule has 0 amide bonds. The van der Waals surface area contributed by atoms with Crippen LogP contribution in [0.1, 0.15) is 76.0 Å². The van der Waals surface area contributed by atoms with Gasteiger partial charge in [-0.3, -0.25) is 0 Å². The summed E-state index contributed by atoms with van der Waals surface area (Å²) in [6, 6.07) is 35.7. The normalized spacial score (nSPS) is 14.4. The van der Waals surface area contributed by atoms with Gasteiger partial charge in [0.25, 0.3) is 0 Å². The minimum atomic E-state index is 0.225. The summed E-state index contributed by atoms with van der Waals surface area (Å²) in [7, 11) is 0. The Kier molecular flexibility index (Phi) is 15.2. The first-order valence-corrected chi connectivity index (χ1v) is 20.2. The third-order valence-electron chi connectivity index (χ3n) is 10.4. The summed E-state index contributed by atoms with van der Waals surface area (Å²) in [5.74, 6) is 0.225. The summed E-state index contributed by atoms with van der Waals surface area (Å²) < 4.78 is 0. The number of allylic oxidation sites excluding steroid dienone is 15. The number of hydrogen-bond acceptors (Lipinski definition) is 1. The molecule has 56 heavy (non-hydrogen) atoms. The summed E-state index contributed by atoms with van der Waals surface area (Å²) in [6.07, 6.45) is 28.3. The number of hydrogen-bond donors (Lipinski definition) is 0. The Morgan fingerprint density at radius 2 is 1.55 bits per heavy atom. The van der Waals surface area contributed by atoms with E-state index in [0.717, 1.165) is 48.2 Å². The maximum atomic E-state index is 4.30. The molecule has 0 N–H and O–H groups in total. The molecule has 0 aromatic heterocycles. The van der Waals surface area contributed by atoms with Gasteiger partial charge in [-0.25, -0.2) is 0 Å². The summed E-state index contributed by atoms with van der Waals surface area (Å²) in [4.78, 5) is 2.36.